The fraction of sp³-hybridized carbons (Fsp3) is 0.242. The summed E-state index contributed by atoms with van der Waals surface area (Å²) in [6.07, 6.45) is 2.84. The number of nitrogens with one attached hydrogen (secondary N) is 1. The lowest BCUT2D eigenvalue weighted by molar-refractivity contribution is 0.206. The molecule has 0 unspecified atom stereocenters. The van der Waals surface area contributed by atoms with Gasteiger partial charge in [-0.1, -0.05) is 86.1 Å². The van der Waals surface area contributed by atoms with E-state index < -0.39 is 0 Å². The highest BCUT2D eigenvalue weighted by Gasteiger charge is 2.13. The van der Waals surface area contributed by atoms with Crippen LogP contribution in [0.25, 0.3) is 11.1 Å². The third-order valence-electron chi connectivity index (χ3n) is 6.82. The Morgan fingerprint density at radius 2 is 1.64 bits per heavy atom. The van der Waals surface area contributed by atoms with E-state index >= 15 is 0 Å². The number of rotatable bonds is 10. The number of pyridine rings is 1. The Morgan fingerprint density at radius 3 is 2.36 bits per heavy atom. The summed E-state index contributed by atoms with van der Waals surface area (Å²) < 4.78 is 1.82. The minimum Gasteiger partial charge on any atom is -0.334 e. The lowest BCUT2D eigenvalue weighted by Crippen LogP contribution is -2.38. The van der Waals surface area contributed by atoms with Gasteiger partial charge in [-0.15, -0.1) is 0 Å². The van der Waals surface area contributed by atoms with Crippen molar-refractivity contribution in [3.63, 3.8) is 0 Å². The van der Waals surface area contributed by atoms with Crippen LogP contribution in [0.1, 0.15) is 47.7 Å². The van der Waals surface area contributed by atoms with Crippen molar-refractivity contribution in [1.82, 2.24) is 14.8 Å². The first-order valence-corrected chi connectivity index (χ1v) is 13.3. The van der Waals surface area contributed by atoms with Crippen LogP contribution in [-0.2, 0) is 26.1 Å². The minimum atomic E-state index is -0.229. The van der Waals surface area contributed by atoms with E-state index in [0.717, 1.165) is 47.2 Å². The molecule has 0 aliphatic rings. The molecule has 0 fully saturated rings. The molecule has 0 aliphatic carbocycles. The molecule has 0 saturated heterocycles. The Morgan fingerprint density at radius 1 is 0.923 bits per heavy atom. The molecule has 6 nitrogen and oxygen atoms in total. The molecule has 0 bridgehead atoms. The van der Waals surface area contributed by atoms with Gasteiger partial charge in [-0.3, -0.25) is 4.79 Å². The normalized spacial score (nSPS) is 10.6. The summed E-state index contributed by atoms with van der Waals surface area (Å²) in [7, 11) is 1.74. The molecule has 1 heterocycles. The molecule has 0 spiro atoms. The molecule has 0 saturated carbocycles. The van der Waals surface area contributed by atoms with Crippen LogP contribution in [-0.4, -0.2) is 22.5 Å². The maximum Gasteiger partial charge on any atom is 0.317 e. The highest BCUT2D eigenvalue weighted by atomic mass is 16.2. The number of nitriles is 1. The van der Waals surface area contributed by atoms with E-state index in [1.54, 1.807) is 11.9 Å². The number of urea groups is 1. The van der Waals surface area contributed by atoms with Crippen molar-refractivity contribution in [3.8, 4) is 17.2 Å². The highest BCUT2D eigenvalue weighted by Crippen LogP contribution is 2.24. The summed E-state index contributed by atoms with van der Waals surface area (Å²) in [4.78, 5) is 27.9. The molecule has 1 N–H and O–H groups in total. The fourth-order valence-electron chi connectivity index (χ4n) is 4.59. The molecule has 0 radical (unpaired) electrons. The van der Waals surface area contributed by atoms with Crippen LogP contribution in [0, 0.1) is 11.3 Å². The van der Waals surface area contributed by atoms with Gasteiger partial charge in [-0.2, -0.15) is 5.26 Å². The van der Waals surface area contributed by atoms with Crippen molar-refractivity contribution in [2.24, 2.45) is 0 Å². The molecule has 3 aromatic carbocycles. The zero-order valence-electron chi connectivity index (χ0n) is 22.6. The van der Waals surface area contributed by atoms with Gasteiger partial charge in [0.1, 0.15) is 0 Å². The van der Waals surface area contributed by atoms with Crippen molar-refractivity contribution >= 4 is 6.03 Å². The fourth-order valence-corrected chi connectivity index (χ4v) is 4.59. The number of unbranched alkanes of at least 4 members (excludes halogenated alkanes) is 1. The summed E-state index contributed by atoms with van der Waals surface area (Å²) in [5, 5.41) is 12.3. The molecule has 0 aliphatic heterocycles. The van der Waals surface area contributed by atoms with Gasteiger partial charge in [-0.25, -0.2) is 4.79 Å². The monoisotopic (exact) mass is 518 g/mol. The summed E-state index contributed by atoms with van der Waals surface area (Å²) in [5.41, 5.74) is 5.97. The van der Waals surface area contributed by atoms with Gasteiger partial charge in [0, 0.05) is 31.4 Å². The van der Waals surface area contributed by atoms with Crippen LogP contribution in [0.3, 0.4) is 0 Å². The van der Waals surface area contributed by atoms with Crippen LogP contribution in [0.15, 0.2) is 95.8 Å². The van der Waals surface area contributed by atoms with Gasteiger partial charge >= 0.3 is 6.03 Å². The van der Waals surface area contributed by atoms with Gasteiger partial charge in [-0.05, 0) is 53.3 Å². The van der Waals surface area contributed by atoms with E-state index in [1.807, 2.05) is 95.6 Å². The topological polar surface area (TPSA) is 78.1 Å². The van der Waals surface area contributed by atoms with Crippen LogP contribution in [0.2, 0.25) is 0 Å². The van der Waals surface area contributed by atoms with Crippen molar-refractivity contribution in [1.29, 1.82) is 5.26 Å². The molecule has 4 rings (SSSR count). The molecule has 0 atom stereocenters. The Hall–Kier alpha value is -4.63. The number of benzene rings is 3. The lowest BCUT2D eigenvalue weighted by atomic mass is 9.99. The van der Waals surface area contributed by atoms with Crippen molar-refractivity contribution in [2.45, 2.75) is 45.8 Å². The Balaban J connectivity index is 1.51. The van der Waals surface area contributed by atoms with Crippen molar-refractivity contribution in [2.75, 3.05) is 7.05 Å². The lowest BCUT2D eigenvalue weighted by Gasteiger charge is -2.19. The molecule has 2 amide bonds. The molecular weight excluding hydrogens is 484 g/mol. The Kier molecular flexibility index (Phi) is 9.31. The number of hydrogen-bond donors (Lipinski definition) is 1. The van der Waals surface area contributed by atoms with E-state index in [9.17, 15) is 14.9 Å². The number of nitrogens with zero attached hydrogens (tertiary/aromatic N) is 3. The summed E-state index contributed by atoms with van der Waals surface area (Å²) in [5.74, 6) is 0. The van der Waals surface area contributed by atoms with Gasteiger partial charge in [0.05, 0.1) is 18.2 Å². The first kappa shape index (κ1) is 27.4. The maximum absolute atomic E-state index is 13.6. The first-order valence-electron chi connectivity index (χ1n) is 13.3. The summed E-state index contributed by atoms with van der Waals surface area (Å²) >= 11 is 0. The zero-order chi connectivity index (χ0) is 27.6. The average Bonchev–Trinajstić information content (AvgIpc) is 2.97. The minimum absolute atomic E-state index is 0.0893. The smallest absolute Gasteiger partial charge is 0.317 e. The number of aromatic nitrogens is 1. The van der Waals surface area contributed by atoms with Gasteiger partial charge in [0.25, 0.3) is 5.56 Å². The Bertz CT molecular complexity index is 1500. The third kappa shape index (κ3) is 7.03. The SMILES string of the molecule is CCCCc1ccc(CNC(=O)N(C)Cc2ccccc2)c(=O)n1Cc1ccc(-c2ccccc2C#N)cc1. The highest BCUT2D eigenvalue weighted by molar-refractivity contribution is 5.74. The summed E-state index contributed by atoms with van der Waals surface area (Å²) in [6.45, 7) is 3.22. The maximum atomic E-state index is 13.6. The molecule has 39 heavy (non-hydrogen) atoms. The average molecular weight is 519 g/mol. The number of hydrogen-bond acceptors (Lipinski definition) is 3. The largest absolute Gasteiger partial charge is 0.334 e. The predicted molar refractivity (Wildman–Crippen MR) is 155 cm³/mol. The number of carbonyl (C=O) groups excluding carboxylic acids is 1. The Labute approximate surface area is 230 Å². The second-order valence-corrected chi connectivity index (χ2v) is 9.70. The van der Waals surface area contributed by atoms with Gasteiger partial charge in [0.15, 0.2) is 0 Å². The van der Waals surface area contributed by atoms with Gasteiger partial charge < -0.3 is 14.8 Å². The van der Waals surface area contributed by atoms with Crippen LogP contribution < -0.4 is 10.9 Å². The van der Waals surface area contributed by atoms with Crippen molar-refractivity contribution in [3.05, 3.63) is 129 Å². The quantitative estimate of drug-likeness (QED) is 0.275. The molecule has 198 valence electrons. The van der Waals surface area contributed by atoms with E-state index in [0.29, 0.717) is 24.2 Å². The van der Waals surface area contributed by atoms with Crippen molar-refractivity contribution < 1.29 is 4.79 Å². The van der Waals surface area contributed by atoms with E-state index in [2.05, 4.69) is 18.3 Å². The van der Waals surface area contributed by atoms with E-state index in [1.165, 1.54) is 0 Å². The molecule has 6 heteroatoms. The second kappa shape index (κ2) is 13.3. The summed E-state index contributed by atoms with van der Waals surface area (Å²) in [6, 6.07) is 31.2. The van der Waals surface area contributed by atoms with Gasteiger partial charge in [0.2, 0.25) is 0 Å². The first-order chi connectivity index (χ1) is 19.0. The predicted octanol–water partition coefficient (Wildman–Crippen LogP) is 6.12. The molecule has 4 aromatic rings. The number of amides is 2. The van der Waals surface area contributed by atoms with E-state index in [-0.39, 0.29) is 18.1 Å². The molecule has 1 aromatic heterocycles. The zero-order valence-corrected chi connectivity index (χ0v) is 22.6. The standard InChI is InChI=1S/C33H34N4O2/c1-3-4-13-30-20-19-29(22-35-33(39)36(2)23-25-10-6-5-7-11-25)32(38)37(30)24-26-15-17-27(18-16-26)31-14-9-8-12-28(31)21-34/h5-12,14-20H,3-4,13,22-24H2,1-2H3,(H,35,39). The van der Waals surface area contributed by atoms with Crippen LogP contribution >= 0.6 is 0 Å². The number of aryl methyl sites for hydroxylation is 1. The third-order valence-corrected chi connectivity index (χ3v) is 6.82. The molecular formula is C33H34N4O2. The van der Waals surface area contributed by atoms with Crippen LogP contribution in [0.4, 0.5) is 4.79 Å². The number of carbonyl (C=O) groups is 1. The van der Waals surface area contributed by atoms with E-state index in [4.69, 9.17) is 0 Å². The second-order valence-electron chi connectivity index (χ2n) is 9.70. The van der Waals surface area contributed by atoms with Crippen LogP contribution in [0.5, 0.6) is 0 Å².